The van der Waals surface area contributed by atoms with E-state index in [1.54, 1.807) is 35.3 Å². The summed E-state index contributed by atoms with van der Waals surface area (Å²) >= 11 is 0. The topological polar surface area (TPSA) is 73.0 Å². The van der Waals surface area contributed by atoms with Crippen LogP contribution in [0.3, 0.4) is 0 Å². The van der Waals surface area contributed by atoms with Crippen LogP contribution in [0.5, 0.6) is 0 Å². The third kappa shape index (κ3) is 3.94. The number of nitrogens with zero attached hydrogens (tertiary/aromatic N) is 3. The molecular weight excluding hydrogens is 371 g/mol. The number of amides is 1. The van der Waals surface area contributed by atoms with E-state index in [9.17, 15) is 9.18 Å². The predicted octanol–water partition coefficient (Wildman–Crippen LogP) is 4.54. The summed E-state index contributed by atoms with van der Waals surface area (Å²) in [4.78, 5) is 12.7. The SMILES string of the molecule is CCc1c(C(=O)Nc2cnn(Cc3ccccc3)c2)noc1-c1ccccc1F. The molecule has 0 aliphatic carbocycles. The van der Waals surface area contributed by atoms with Crippen LogP contribution in [0.1, 0.15) is 28.5 Å². The lowest BCUT2D eigenvalue weighted by molar-refractivity contribution is 0.101. The van der Waals surface area contributed by atoms with Crippen molar-refractivity contribution < 1.29 is 13.7 Å². The van der Waals surface area contributed by atoms with E-state index < -0.39 is 11.7 Å². The molecule has 1 N–H and O–H groups in total. The number of rotatable bonds is 6. The molecular formula is C22H19FN4O2. The standard InChI is InChI=1S/C22H19FN4O2/c1-2-17-20(26-29-21(17)18-10-6-7-11-19(18)23)22(28)25-16-12-24-27(14-16)13-15-8-4-3-5-9-15/h3-12,14H,2,13H2,1H3,(H,25,28). The second kappa shape index (κ2) is 8.10. The Labute approximate surface area is 167 Å². The Morgan fingerprint density at radius 2 is 1.90 bits per heavy atom. The number of hydrogen-bond donors (Lipinski definition) is 1. The van der Waals surface area contributed by atoms with Gasteiger partial charge in [0, 0.05) is 11.8 Å². The third-order valence-corrected chi connectivity index (χ3v) is 4.55. The molecule has 2 heterocycles. The van der Waals surface area contributed by atoms with E-state index in [0.717, 1.165) is 5.56 Å². The van der Waals surface area contributed by atoms with Crippen molar-refractivity contribution in [2.75, 3.05) is 5.32 Å². The number of anilines is 1. The number of carbonyl (C=O) groups excluding carboxylic acids is 1. The molecule has 0 atom stereocenters. The van der Waals surface area contributed by atoms with E-state index in [-0.39, 0.29) is 17.0 Å². The zero-order valence-electron chi connectivity index (χ0n) is 15.8. The van der Waals surface area contributed by atoms with E-state index in [4.69, 9.17) is 4.52 Å². The fourth-order valence-corrected chi connectivity index (χ4v) is 3.15. The fourth-order valence-electron chi connectivity index (χ4n) is 3.15. The van der Waals surface area contributed by atoms with E-state index >= 15 is 0 Å². The van der Waals surface area contributed by atoms with Gasteiger partial charge in [-0.1, -0.05) is 54.5 Å². The maximum absolute atomic E-state index is 14.1. The van der Waals surface area contributed by atoms with Crippen molar-refractivity contribution in [2.45, 2.75) is 19.9 Å². The second-order valence-corrected chi connectivity index (χ2v) is 6.54. The van der Waals surface area contributed by atoms with Gasteiger partial charge < -0.3 is 9.84 Å². The molecule has 146 valence electrons. The Bertz CT molecular complexity index is 1130. The lowest BCUT2D eigenvalue weighted by atomic mass is 10.0. The van der Waals surface area contributed by atoms with Crippen molar-refractivity contribution in [3.05, 3.63) is 89.6 Å². The molecule has 0 spiro atoms. The van der Waals surface area contributed by atoms with Crippen molar-refractivity contribution in [3.8, 4) is 11.3 Å². The minimum absolute atomic E-state index is 0.140. The average Bonchev–Trinajstić information content (AvgIpc) is 3.35. The Morgan fingerprint density at radius 3 is 2.66 bits per heavy atom. The van der Waals surface area contributed by atoms with Gasteiger partial charge in [-0.05, 0) is 24.1 Å². The predicted molar refractivity (Wildman–Crippen MR) is 107 cm³/mol. The van der Waals surface area contributed by atoms with Gasteiger partial charge in [0.1, 0.15) is 5.82 Å². The van der Waals surface area contributed by atoms with Crippen molar-refractivity contribution in [1.82, 2.24) is 14.9 Å². The zero-order chi connectivity index (χ0) is 20.2. The molecule has 7 heteroatoms. The summed E-state index contributed by atoms with van der Waals surface area (Å²) in [6.45, 7) is 2.46. The fraction of sp³-hybridized carbons (Fsp3) is 0.136. The monoisotopic (exact) mass is 390 g/mol. The van der Waals surface area contributed by atoms with E-state index in [1.807, 2.05) is 37.3 Å². The van der Waals surface area contributed by atoms with Gasteiger partial charge in [-0.15, -0.1) is 0 Å². The Hall–Kier alpha value is -3.74. The van der Waals surface area contributed by atoms with Crippen LogP contribution in [0.4, 0.5) is 10.1 Å². The van der Waals surface area contributed by atoms with Crippen molar-refractivity contribution in [3.63, 3.8) is 0 Å². The first-order chi connectivity index (χ1) is 14.2. The maximum Gasteiger partial charge on any atom is 0.278 e. The molecule has 0 saturated carbocycles. The van der Waals surface area contributed by atoms with Gasteiger partial charge in [0.2, 0.25) is 0 Å². The molecule has 29 heavy (non-hydrogen) atoms. The number of aromatic nitrogens is 3. The maximum atomic E-state index is 14.1. The highest BCUT2D eigenvalue weighted by molar-refractivity contribution is 6.04. The molecule has 2 aromatic heterocycles. The van der Waals surface area contributed by atoms with Crippen molar-refractivity contribution in [1.29, 1.82) is 0 Å². The third-order valence-electron chi connectivity index (χ3n) is 4.55. The second-order valence-electron chi connectivity index (χ2n) is 6.54. The Kier molecular flexibility index (Phi) is 5.20. The summed E-state index contributed by atoms with van der Waals surface area (Å²) in [6.07, 6.45) is 3.79. The van der Waals surface area contributed by atoms with Crippen LogP contribution in [-0.2, 0) is 13.0 Å². The first-order valence-corrected chi connectivity index (χ1v) is 9.27. The van der Waals surface area contributed by atoms with Gasteiger partial charge in [0.15, 0.2) is 11.5 Å². The highest BCUT2D eigenvalue weighted by Crippen LogP contribution is 2.29. The molecule has 0 aliphatic rings. The number of benzene rings is 2. The summed E-state index contributed by atoms with van der Waals surface area (Å²) in [6, 6.07) is 16.2. The molecule has 2 aromatic carbocycles. The first kappa shape index (κ1) is 18.6. The largest absolute Gasteiger partial charge is 0.355 e. The van der Waals surface area contributed by atoms with Crippen molar-refractivity contribution in [2.24, 2.45) is 0 Å². The normalized spacial score (nSPS) is 10.8. The summed E-state index contributed by atoms with van der Waals surface area (Å²) in [5.74, 6) is -0.574. The van der Waals surface area contributed by atoms with Crippen molar-refractivity contribution >= 4 is 11.6 Å². The van der Waals surface area contributed by atoms with Crippen LogP contribution in [0.25, 0.3) is 11.3 Å². The lowest BCUT2D eigenvalue weighted by Crippen LogP contribution is -2.14. The minimum Gasteiger partial charge on any atom is -0.355 e. The van der Waals surface area contributed by atoms with E-state index in [1.165, 1.54) is 6.07 Å². The van der Waals surface area contributed by atoms with Gasteiger partial charge in [-0.25, -0.2) is 4.39 Å². The Morgan fingerprint density at radius 1 is 1.14 bits per heavy atom. The Balaban J connectivity index is 1.53. The molecule has 0 bridgehead atoms. The molecule has 0 aliphatic heterocycles. The summed E-state index contributed by atoms with van der Waals surface area (Å²) in [7, 11) is 0. The number of hydrogen-bond acceptors (Lipinski definition) is 4. The van der Waals surface area contributed by atoms with Crippen LogP contribution in [-0.4, -0.2) is 20.8 Å². The number of halogens is 1. The van der Waals surface area contributed by atoms with Crippen LogP contribution in [0.15, 0.2) is 71.5 Å². The smallest absolute Gasteiger partial charge is 0.278 e. The van der Waals surface area contributed by atoms with Crippen LogP contribution < -0.4 is 5.32 Å². The first-order valence-electron chi connectivity index (χ1n) is 9.27. The molecule has 0 unspecified atom stereocenters. The molecule has 1 amide bonds. The van der Waals surface area contributed by atoms with Crippen LogP contribution in [0, 0.1) is 5.82 Å². The molecule has 0 radical (unpaired) electrons. The summed E-state index contributed by atoms with van der Waals surface area (Å²) in [5.41, 5.74) is 2.63. The lowest BCUT2D eigenvalue weighted by Gasteiger charge is -2.03. The quantitative estimate of drug-likeness (QED) is 0.525. The van der Waals surface area contributed by atoms with Gasteiger partial charge in [-0.2, -0.15) is 5.10 Å². The number of nitrogens with one attached hydrogen (secondary N) is 1. The summed E-state index contributed by atoms with van der Waals surface area (Å²) in [5, 5.41) is 10.9. The summed E-state index contributed by atoms with van der Waals surface area (Å²) < 4.78 is 21.2. The molecule has 0 saturated heterocycles. The van der Waals surface area contributed by atoms with Gasteiger partial charge in [-0.3, -0.25) is 9.48 Å². The molecule has 0 fully saturated rings. The van der Waals surface area contributed by atoms with E-state index in [0.29, 0.717) is 24.2 Å². The van der Waals surface area contributed by atoms with Gasteiger partial charge in [0.05, 0.1) is 24.0 Å². The van der Waals surface area contributed by atoms with E-state index in [2.05, 4.69) is 15.6 Å². The average molecular weight is 390 g/mol. The van der Waals surface area contributed by atoms with Gasteiger partial charge >= 0.3 is 0 Å². The molecule has 4 aromatic rings. The van der Waals surface area contributed by atoms with Crippen LogP contribution >= 0.6 is 0 Å². The number of carbonyl (C=O) groups is 1. The minimum atomic E-state index is -0.424. The molecule has 6 nitrogen and oxygen atoms in total. The highest BCUT2D eigenvalue weighted by atomic mass is 19.1. The van der Waals surface area contributed by atoms with Crippen LogP contribution in [0.2, 0.25) is 0 Å². The zero-order valence-corrected chi connectivity index (χ0v) is 15.8. The van der Waals surface area contributed by atoms with Gasteiger partial charge in [0.25, 0.3) is 5.91 Å². The highest BCUT2D eigenvalue weighted by Gasteiger charge is 2.23. The molecule has 4 rings (SSSR count).